The lowest BCUT2D eigenvalue weighted by atomic mass is 9.85. The van der Waals surface area contributed by atoms with E-state index in [1.165, 1.54) is 0 Å². The summed E-state index contributed by atoms with van der Waals surface area (Å²) in [5.74, 6) is 1.32. The lowest BCUT2D eigenvalue weighted by Gasteiger charge is -2.23. The summed E-state index contributed by atoms with van der Waals surface area (Å²) in [6, 6.07) is 5.73. The molecule has 1 rings (SSSR count). The van der Waals surface area contributed by atoms with Crippen LogP contribution in [0.15, 0.2) is 12.1 Å². The maximum atomic E-state index is 9.07. The summed E-state index contributed by atoms with van der Waals surface area (Å²) in [6.45, 7) is 6.22. The number of nitriles is 1. The van der Waals surface area contributed by atoms with Gasteiger partial charge < -0.3 is 9.47 Å². The summed E-state index contributed by atoms with van der Waals surface area (Å²) in [7, 11) is 3.17. The van der Waals surface area contributed by atoms with Gasteiger partial charge in [-0.2, -0.15) is 5.26 Å². The van der Waals surface area contributed by atoms with Gasteiger partial charge in [-0.3, -0.25) is 0 Å². The second-order valence-corrected chi connectivity index (χ2v) is 4.62. The smallest absolute Gasteiger partial charge is 0.140 e. The Bertz CT molecular complexity index is 425. The molecule has 1 aromatic rings. The normalized spacial score (nSPS) is 10.8. The monoisotopic (exact) mass is 219 g/mol. The van der Waals surface area contributed by atoms with Gasteiger partial charge in [0.2, 0.25) is 0 Å². The number of hydrogen-bond acceptors (Lipinski definition) is 3. The molecule has 0 saturated heterocycles. The van der Waals surface area contributed by atoms with Crippen LogP contribution >= 0.6 is 0 Å². The Hall–Kier alpha value is -1.69. The minimum absolute atomic E-state index is 0.0918. The highest BCUT2D eigenvalue weighted by atomic mass is 16.5. The average molecular weight is 219 g/mol. The molecule has 0 fully saturated rings. The van der Waals surface area contributed by atoms with Gasteiger partial charge in [-0.1, -0.05) is 20.8 Å². The molecule has 0 aromatic heterocycles. The quantitative estimate of drug-likeness (QED) is 0.768. The van der Waals surface area contributed by atoms with Gasteiger partial charge in [0.1, 0.15) is 17.6 Å². The van der Waals surface area contributed by atoms with Crippen molar-refractivity contribution in [1.82, 2.24) is 0 Å². The number of benzene rings is 1. The molecule has 0 aliphatic heterocycles. The van der Waals surface area contributed by atoms with Crippen LogP contribution in [0.3, 0.4) is 0 Å². The van der Waals surface area contributed by atoms with Gasteiger partial charge in [0.25, 0.3) is 0 Å². The van der Waals surface area contributed by atoms with Crippen LogP contribution in [-0.4, -0.2) is 14.2 Å². The van der Waals surface area contributed by atoms with E-state index in [0.717, 1.165) is 5.56 Å². The van der Waals surface area contributed by atoms with E-state index < -0.39 is 0 Å². The van der Waals surface area contributed by atoms with Crippen molar-refractivity contribution in [3.05, 3.63) is 23.3 Å². The van der Waals surface area contributed by atoms with E-state index in [2.05, 4.69) is 26.8 Å². The van der Waals surface area contributed by atoms with E-state index in [0.29, 0.717) is 17.1 Å². The Balaban J connectivity index is 3.51. The molecular weight excluding hydrogens is 202 g/mol. The van der Waals surface area contributed by atoms with Crippen LogP contribution in [0.4, 0.5) is 0 Å². The zero-order valence-electron chi connectivity index (χ0n) is 10.4. The van der Waals surface area contributed by atoms with E-state index in [1.54, 1.807) is 20.3 Å². The number of ether oxygens (including phenoxy) is 2. The van der Waals surface area contributed by atoms with Crippen molar-refractivity contribution in [2.75, 3.05) is 14.2 Å². The van der Waals surface area contributed by atoms with Crippen molar-refractivity contribution in [1.29, 1.82) is 5.26 Å². The summed E-state index contributed by atoms with van der Waals surface area (Å²) >= 11 is 0. The first-order valence-corrected chi connectivity index (χ1v) is 5.10. The summed E-state index contributed by atoms with van der Waals surface area (Å²) in [6.07, 6.45) is 0. The first kappa shape index (κ1) is 12.4. The Morgan fingerprint density at radius 3 is 2.12 bits per heavy atom. The van der Waals surface area contributed by atoms with Crippen LogP contribution in [0, 0.1) is 11.3 Å². The van der Waals surface area contributed by atoms with Crippen LogP contribution in [0.5, 0.6) is 11.5 Å². The third kappa shape index (κ3) is 2.27. The fourth-order valence-electron chi connectivity index (χ4n) is 1.58. The molecule has 0 aliphatic carbocycles. The van der Waals surface area contributed by atoms with E-state index >= 15 is 0 Å². The third-order valence-electron chi connectivity index (χ3n) is 2.43. The zero-order chi connectivity index (χ0) is 12.3. The first-order valence-electron chi connectivity index (χ1n) is 5.10. The maximum Gasteiger partial charge on any atom is 0.140 e. The molecule has 0 radical (unpaired) electrons. The van der Waals surface area contributed by atoms with Crippen LogP contribution in [-0.2, 0) is 5.41 Å². The number of hydrogen-bond donors (Lipinski definition) is 0. The van der Waals surface area contributed by atoms with Gasteiger partial charge in [0, 0.05) is 11.6 Å². The third-order valence-corrected chi connectivity index (χ3v) is 2.43. The van der Waals surface area contributed by atoms with E-state index in [4.69, 9.17) is 14.7 Å². The highest BCUT2D eigenvalue weighted by molar-refractivity contribution is 5.55. The molecule has 1 aromatic carbocycles. The van der Waals surface area contributed by atoms with Gasteiger partial charge in [0.05, 0.1) is 19.8 Å². The summed E-state index contributed by atoms with van der Waals surface area (Å²) in [4.78, 5) is 0. The minimum atomic E-state index is -0.0918. The largest absolute Gasteiger partial charge is 0.497 e. The molecule has 16 heavy (non-hydrogen) atoms. The molecule has 0 atom stereocenters. The highest BCUT2D eigenvalue weighted by Gasteiger charge is 2.22. The number of methoxy groups -OCH3 is 2. The van der Waals surface area contributed by atoms with Gasteiger partial charge >= 0.3 is 0 Å². The van der Waals surface area contributed by atoms with Crippen molar-refractivity contribution >= 4 is 0 Å². The zero-order valence-corrected chi connectivity index (χ0v) is 10.4. The SMILES string of the molecule is COc1cc(C#N)c(OC)c(C(C)(C)C)c1. The van der Waals surface area contributed by atoms with Gasteiger partial charge in [-0.05, 0) is 11.5 Å². The fraction of sp³-hybridized carbons (Fsp3) is 0.462. The molecule has 0 saturated carbocycles. The summed E-state index contributed by atoms with van der Waals surface area (Å²) in [5, 5.41) is 9.07. The second-order valence-electron chi connectivity index (χ2n) is 4.62. The predicted octanol–water partition coefficient (Wildman–Crippen LogP) is 2.87. The van der Waals surface area contributed by atoms with Crippen molar-refractivity contribution in [3.8, 4) is 17.6 Å². The molecule has 0 heterocycles. The van der Waals surface area contributed by atoms with Crippen molar-refractivity contribution in [2.45, 2.75) is 26.2 Å². The molecule has 0 amide bonds. The second kappa shape index (κ2) is 4.44. The van der Waals surface area contributed by atoms with Crippen molar-refractivity contribution in [3.63, 3.8) is 0 Å². The average Bonchev–Trinajstić information content (AvgIpc) is 2.25. The molecule has 0 aliphatic rings. The summed E-state index contributed by atoms with van der Waals surface area (Å²) in [5.41, 5.74) is 1.39. The minimum Gasteiger partial charge on any atom is -0.497 e. The van der Waals surface area contributed by atoms with E-state index in [-0.39, 0.29) is 5.41 Å². The summed E-state index contributed by atoms with van der Waals surface area (Å²) < 4.78 is 10.5. The van der Waals surface area contributed by atoms with Crippen LogP contribution in [0.1, 0.15) is 31.9 Å². The predicted molar refractivity (Wildman–Crippen MR) is 63.0 cm³/mol. The van der Waals surface area contributed by atoms with Crippen LogP contribution < -0.4 is 9.47 Å². The van der Waals surface area contributed by atoms with Gasteiger partial charge in [-0.15, -0.1) is 0 Å². The topological polar surface area (TPSA) is 42.2 Å². The molecule has 0 N–H and O–H groups in total. The molecule has 3 nitrogen and oxygen atoms in total. The lowest BCUT2D eigenvalue weighted by molar-refractivity contribution is 0.386. The number of rotatable bonds is 2. The number of nitrogens with zero attached hydrogens (tertiary/aromatic N) is 1. The Labute approximate surface area is 96.6 Å². The molecule has 0 bridgehead atoms. The van der Waals surface area contributed by atoms with Crippen molar-refractivity contribution in [2.24, 2.45) is 0 Å². The van der Waals surface area contributed by atoms with Crippen LogP contribution in [0.25, 0.3) is 0 Å². The molecule has 0 spiro atoms. The van der Waals surface area contributed by atoms with Crippen molar-refractivity contribution < 1.29 is 9.47 Å². The van der Waals surface area contributed by atoms with Gasteiger partial charge in [-0.25, -0.2) is 0 Å². The highest BCUT2D eigenvalue weighted by Crippen LogP contribution is 2.36. The maximum absolute atomic E-state index is 9.07. The fourth-order valence-corrected chi connectivity index (χ4v) is 1.58. The standard InChI is InChI=1S/C13H17NO2/c1-13(2,3)11-7-10(15-4)6-9(8-14)12(11)16-5/h6-7H,1-5H3. The first-order chi connectivity index (χ1) is 7.43. The van der Waals surface area contributed by atoms with E-state index in [1.807, 2.05) is 6.07 Å². The van der Waals surface area contributed by atoms with E-state index in [9.17, 15) is 0 Å². The molecular formula is C13H17NO2. The Kier molecular flexibility index (Phi) is 3.44. The van der Waals surface area contributed by atoms with Crippen LogP contribution in [0.2, 0.25) is 0 Å². The van der Waals surface area contributed by atoms with Gasteiger partial charge in [0.15, 0.2) is 0 Å². The Morgan fingerprint density at radius 2 is 1.75 bits per heavy atom. The molecule has 86 valence electrons. The Morgan fingerprint density at radius 1 is 1.12 bits per heavy atom. The molecule has 0 unspecified atom stereocenters. The molecule has 3 heteroatoms. The lowest BCUT2D eigenvalue weighted by Crippen LogP contribution is -2.14.